The summed E-state index contributed by atoms with van der Waals surface area (Å²) in [5, 5.41) is 1.46. The van der Waals surface area contributed by atoms with Crippen molar-refractivity contribution in [2.75, 3.05) is 0 Å². The van der Waals surface area contributed by atoms with Gasteiger partial charge in [-0.3, -0.25) is 4.79 Å². The van der Waals surface area contributed by atoms with Crippen LogP contribution in [0.4, 0.5) is 0 Å². The average Bonchev–Trinajstić information content (AvgIpc) is 2.88. The average molecular weight is 411 g/mol. The van der Waals surface area contributed by atoms with E-state index in [1.54, 1.807) is 22.4 Å². The molecule has 0 spiro atoms. The molecule has 0 atom stereocenters. The van der Waals surface area contributed by atoms with Crippen LogP contribution in [-0.2, 0) is 7.05 Å². The molecule has 130 valence electrons. The maximum absolute atomic E-state index is 12.5. The lowest BCUT2D eigenvalue weighted by Crippen LogP contribution is -2.13. The minimum atomic E-state index is -0.273. The first-order chi connectivity index (χ1) is 11.9. The van der Waals surface area contributed by atoms with Gasteiger partial charge in [0.1, 0.15) is 0 Å². The Morgan fingerprint density at radius 2 is 1.84 bits per heavy atom. The third-order valence-corrected chi connectivity index (χ3v) is 6.43. The number of amides is 1. The van der Waals surface area contributed by atoms with Crippen molar-refractivity contribution in [3.63, 3.8) is 0 Å². The second kappa shape index (κ2) is 7.54. The molecule has 0 aliphatic rings. The molecule has 0 saturated heterocycles. The van der Waals surface area contributed by atoms with Gasteiger partial charge in [0, 0.05) is 22.8 Å². The van der Waals surface area contributed by atoms with Gasteiger partial charge < -0.3 is 4.57 Å². The summed E-state index contributed by atoms with van der Waals surface area (Å²) in [6.45, 7) is 4.27. The Morgan fingerprint density at radius 3 is 2.48 bits per heavy atom. The van der Waals surface area contributed by atoms with E-state index in [1.807, 2.05) is 37.4 Å². The van der Waals surface area contributed by atoms with Gasteiger partial charge in [0.05, 0.1) is 20.3 Å². The van der Waals surface area contributed by atoms with Crippen LogP contribution in [-0.4, -0.2) is 15.7 Å². The van der Waals surface area contributed by atoms with Crippen molar-refractivity contribution in [3.05, 3.63) is 56.8 Å². The number of hydrogen-bond donors (Lipinski definition) is 0. The minimum Gasteiger partial charge on any atom is -0.318 e. The Bertz CT molecular complexity index is 1000. The minimum absolute atomic E-state index is 0.273. The van der Waals surface area contributed by atoms with Crippen molar-refractivity contribution >= 4 is 62.4 Å². The molecule has 7 heteroatoms. The lowest BCUT2D eigenvalue weighted by Gasteiger charge is -2.04. The van der Waals surface area contributed by atoms with E-state index in [9.17, 15) is 4.79 Å². The van der Waals surface area contributed by atoms with Crippen LogP contribution in [0.25, 0.3) is 10.2 Å². The standard InChI is InChI=1S/C18H16Cl2N2OS2/c1-10(2)24-12-6-4-11(5-7-12)17(23)21-18-22(3)16-14(25-18)9-8-13(19)15(16)20/h4-10H,1-3H3. The van der Waals surface area contributed by atoms with Gasteiger partial charge in [-0.05, 0) is 36.4 Å². The summed E-state index contributed by atoms with van der Waals surface area (Å²) in [6, 6.07) is 11.2. The van der Waals surface area contributed by atoms with Crippen molar-refractivity contribution < 1.29 is 4.79 Å². The maximum Gasteiger partial charge on any atom is 0.279 e. The molecule has 0 aliphatic heterocycles. The Hall–Kier alpha value is -1.27. The van der Waals surface area contributed by atoms with Crippen molar-refractivity contribution in [3.8, 4) is 0 Å². The van der Waals surface area contributed by atoms with Gasteiger partial charge in [0.25, 0.3) is 5.91 Å². The number of thiazole rings is 1. The lowest BCUT2D eigenvalue weighted by molar-refractivity contribution is 0.0998. The van der Waals surface area contributed by atoms with Gasteiger partial charge >= 0.3 is 0 Å². The Balaban J connectivity index is 1.97. The monoisotopic (exact) mass is 410 g/mol. The third-order valence-electron chi connectivity index (χ3n) is 3.53. The molecule has 25 heavy (non-hydrogen) atoms. The zero-order chi connectivity index (χ0) is 18.1. The Kier molecular flexibility index (Phi) is 5.58. The number of halogens is 2. The van der Waals surface area contributed by atoms with Crippen LogP contribution in [0.2, 0.25) is 10.0 Å². The quantitative estimate of drug-likeness (QED) is 0.512. The Morgan fingerprint density at radius 1 is 1.16 bits per heavy atom. The van der Waals surface area contributed by atoms with E-state index in [0.717, 1.165) is 15.1 Å². The van der Waals surface area contributed by atoms with Crippen LogP contribution >= 0.6 is 46.3 Å². The van der Waals surface area contributed by atoms with Crippen molar-refractivity contribution in [2.24, 2.45) is 12.0 Å². The summed E-state index contributed by atoms with van der Waals surface area (Å²) in [5.41, 5.74) is 1.35. The number of thioether (sulfide) groups is 1. The summed E-state index contributed by atoms with van der Waals surface area (Å²) in [5.74, 6) is -0.273. The molecular formula is C18H16Cl2N2OS2. The van der Waals surface area contributed by atoms with E-state index in [0.29, 0.717) is 25.7 Å². The molecule has 2 aromatic carbocycles. The van der Waals surface area contributed by atoms with Crippen LogP contribution in [0.1, 0.15) is 24.2 Å². The molecule has 0 radical (unpaired) electrons. The molecular weight excluding hydrogens is 395 g/mol. The number of hydrogen-bond acceptors (Lipinski definition) is 3. The second-order valence-corrected chi connectivity index (χ2v) is 9.20. The van der Waals surface area contributed by atoms with Gasteiger partial charge in [0.15, 0.2) is 4.80 Å². The zero-order valence-electron chi connectivity index (χ0n) is 13.9. The van der Waals surface area contributed by atoms with E-state index in [-0.39, 0.29) is 5.91 Å². The first kappa shape index (κ1) is 18.5. The SMILES string of the molecule is CC(C)Sc1ccc(C(=O)N=c2sc3ccc(Cl)c(Cl)c3n2C)cc1. The van der Waals surface area contributed by atoms with Crippen LogP contribution in [0.3, 0.4) is 0 Å². The molecule has 3 nitrogen and oxygen atoms in total. The fraction of sp³-hybridized carbons (Fsp3) is 0.222. The summed E-state index contributed by atoms with van der Waals surface area (Å²) in [6.07, 6.45) is 0. The third kappa shape index (κ3) is 3.95. The van der Waals surface area contributed by atoms with E-state index in [1.165, 1.54) is 11.3 Å². The van der Waals surface area contributed by atoms with Crippen LogP contribution < -0.4 is 4.80 Å². The van der Waals surface area contributed by atoms with Gasteiger partial charge in [-0.25, -0.2) is 0 Å². The number of carbonyl (C=O) groups is 1. The topological polar surface area (TPSA) is 34.4 Å². The van der Waals surface area contributed by atoms with E-state index < -0.39 is 0 Å². The predicted molar refractivity (Wildman–Crippen MR) is 108 cm³/mol. The zero-order valence-corrected chi connectivity index (χ0v) is 17.1. The van der Waals surface area contributed by atoms with E-state index in [2.05, 4.69) is 18.8 Å². The molecule has 3 aromatic rings. The van der Waals surface area contributed by atoms with Crippen molar-refractivity contribution in [1.82, 2.24) is 4.57 Å². The molecule has 0 saturated carbocycles. The van der Waals surface area contributed by atoms with Gasteiger partial charge in [-0.15, -0.1) is 11.8 Å². The highest BCUT2D eigenvalue weighted by atomic mass is 35.5. The highest BCUT2D eigenvalue weighted by Gasteiger charge is 2.12. The van der Waals surface area contributed by atoms with Crippen LogP contribution in [0, 0.1) is 0 Å². The van der Waals surface area contributed by atoms with Crippen molar-refractivity contribution in [2.45, 2.75) is 24.0 Å². The first-order valence-electron chi connectivity index (χ1n) is 7.66. The summed E-state index contributed by atoms with van der Waals surface area (Å²) in [7, 11) is 1.83. The number of rotatable bonds is 3. The van der Waals surface area contributed by atoms with Gasteiger partial charge in [-0.2, -0.15) is 4.99 Å². The Labute approximate surface area is 164 Å². The summed E-state index contributed by atoms with van der Waals surface area (Å²) in [4.78, 5) is 18.5. The maximum atomic E-state index is 12.5. The number of aryl methyl sites for hydroxylation is 1. The molecule has 1 aromatic heterocycles. The second-order valence-electron chi connectivity index (χ2n) is 5.76. The molecule has 0 fully saturated rings. The molecule has 0 unspecified atom stereocenters. The highest BCUT2D eigenvalue weighted by Crippen LogP contribution is 2.31. The van der Waals surface area contributed by atoms with E-state index >= 15 is 0 Å². The van der Waals surface area contributed by atoms with Crippen molar-refractivity contribution in [1.29, 1.82) is 0 Å². The van der Waals surface area contributed by atoms with Crippen LogP contribution in [0.15, 0.2) is 46.3 Å². The molecule has 0 N–H and O–H groups in total. The summed E-state index contributed by atoms with van der Waals surface area (Å²) >= 11 is 15.5. The van der Waals surface area contributed by atoms with Gasteiger partial charge in [0.2, 0.25) is 0 Å². The fourth-order valence-corrected chi connectivity index (χ4v) is 4.74. The first-order valence-corrected chi connectivity index (χ1v) is 10.1. The van der Waals surface area contributed by atoms with E-state index in [4.69, 9.17) is 23.2 Å². The number of benzene rings is 2. The van der Waals surface area contributed by atoms with Crippen LogP contribution in [0.5, 0.6) is 0 Å². The molecule has 1 heterocycles. The fourth-order valence-electron chi connectivity index (χ4n) is 2.38. The largest absolute Gasteiger partial charge is 0.318 e. The summed E-state index contributed by atoms with van der Waals surface area (Å²) < 4.78 is 2.74. The lowest BCUT2D eigenvalue weighted by atomic mass is 10.2. The number of aromatic nitrogens is 1. The molecule has 0 bridgehead atoms. The normalized spacial score (nSPS) is 12.3. The smallest absolute Gasteiger partial charge is 0.279 e. The number of nitrogens with zero attached hydrogens (tertiary/aromatic N) is 2. The number of carbonyl (C=O) groups excluding carboxylic acids is 1. The molecule has 0 aliphatic carbocycles. The number of fused-ring (bicyclic) bond motifs is 1. The predicted octanol–water partition coefficient (Wildman–Crippen LogP) is 5.79. The molecule has 1 amide bonds. The molecule has 3 rings (SSSR count). The van der Waals surface area contributed by atoms with Gasteiger partial charge in [-0.1, -0.05) is 48.4 Å². The highest BCUT2D eigenvalue weighted by molar-refractivity contribution is 7.99.